The van der Waals surface area contributed by atoms with Crippen LogP contribution in [-0.4, -0.2) is 29.3 Å². The molecule has 1 amide bonds. The quantitative estimate of drug-likeness (QED) is 0.803. The summed E-state index contributed by atoms with van der Waals surface area (Å²) in [6, 6.07) is 9.42. The van der Waals surface area contributed by atoms with Crippen LogP contribution in [0.25, 0.3) is 11.3 Å². The second kappa shape index (κ2) is 6.15. The van der Waals surface area contributed by atoms with E-state index in [0.717, 1.165) is 5.56 Å². The summed E-state index contributed by atoms with van der Waals surface area (Å²) >= 11 is 0. The molecule has 0 atom stereocenters. The number of aryl methyl sites for hydroxylation is 1. The summed E-state index contributed by atoms with van der Waals surface area (Å²) < 4.78 is 5.12. The third-order valence-corrected chi connectivity index (χ3v) is 2.76. The minimum absolute atomic E-state index is 0.0500. The average molecular weight is 260 g/mol. The highest BCUT2D eigenvalue weighted by Crippen LogP contribution is 2.24. The summed E-state index contributed by atoms with van der Waals surface area (Å²) in [4.78, 5) is 12.1. The summed E-state index contributed by atoms with van der Waals surface area (Å²) in [5, 5.41) is 15.4. The van der Waals surface area contributed by atoms with Crippen LogP contribution in [-0.2, 0) is 0 Å². The third-order valence-electron chi connectivity index (χ3n) is 2.76. The number of rotatable bonds is 5. The Bertz CT molecular complexity index is 549. The third kappa shape index (κ3) is 3.00. The monoisotopic (exact) mass is 260 g/mol. The van der Waals surface area contributed by atoms with Crippen LogP contribution in [0, 0.1) is 6.92 Å². The second-order valence-corrected chi connectivity index (χ2v) is 4.16. The van der Waals surface area contributed by atoms with Crippen molar-refractivity contribution in [2.45, 2.75) is 13.3 Å². The van der Waals surface area contributed by atoms with Crippen molar-refractivity contribution >= 4 is 5.91 Å². The minimum Gasteiger partial charge on any atom is -0.396 e. The van der Waals surface area contributed by atoms with E-state index in [1.807, 2.05) is 30.3 Å². The lowest BCUT2D eigenvalue weighted by molar-refractivity contribution is 0.0950. The first-order valence-corrected chi connectivity index (χ1v) is 6.14. The van der Waals surface area contributed by atoms with Gasteiger partial charge in [0.05, 0.1) is 0 Å². The molecule has 0 aliphatic carbocycles. The molecule has 2 N–H and O–H groups in total. The average Bonchev–Trinajstić information content (AvgIpc) is 2.82. The summed E-state index contributed by atoms with van der Waals surface area (Å²) in [7, 11) is 0. The van der Waals surface area contributed by atoms with E-state index in [9.17, 15) is 4.79 Å². The minimum atomic E-state index is -0.231. The number of aromatic nitrogens is 1. The molecule has 2 aromatic rings. The maximum Gasteiger partial charge on any atom is 0.257 e. The van der Waals surface area contributed by atoms with Crippen LogP contribution in [0.4, 0.5) is 0 Å². The Labute approximate surface area is 111 Å². The van der Waals surface area contributed by atoms with Gasteiger partial charge in [-0.25, -0.2) is 0 Å². The molecule has 0 aliphatic heterocycles. The lowest BCUT2D eigenvalue weighted by Gasteiger charge is -2.04. The SMILES string of the molecule is Cc1onc(-c2ccccc2)c1C(=O)NCCCO. The van der Waals surface area contributed by atoms with Crippen molar-refractivity contribution in [2.75, 3.05) is 13.2 Å². The molecule has 1 aromatic heterocycles. The highest BCUT2D eigenvalue weighted by Gasteiger charge is 2.20. The summed E-state index contributed by atoms with van der Waals surface area (Å²) in [6.07, 6.45) is 0.525. The van der Waals surface area contributed by atoms with Gasteiger partial charge in [-0.15, -0.1) is 0 Å². The first-order valence-electron chi connectivity index (χ1n) is 6.14. The first kappa shape index (κ1) is 13.3. The molecule has 100 valence electrons. The molecule has 0 fully saturated rings. The van der Waals surface area contributed by atoms with E-state index in [1.165, 1.54) is 0 Å². The number of nitrogens with zero attached hydrogens (tertiary/aromatic N) is 1. The van der Waals surface area contributed by atoms with Crippen molar-refractivity contribution in [1.82, 2.24) is 10.5 Å². The van der Waals surface area contributed by atoms with Gasteiger partial charge < -0.3 is 14.9 Å². The Morgan fingerprint density at radius 1 is 1.37 bits per heavy atom. The number of carbonyl (C=O) groups excluding carboxylic acids is 1. The molecule has 0 radical (unpaired) electrons. The molecular formula is C14H16N2O3. The van der Waals surface area contributed by atoms with E-state index >= 15 is 0 Å². The Balaban J connectivity index is 2.25. The van der Waals surface area contributed by atoms with Gasteiger partial charge in [-0.1, -0.05) is 35.5 Å². The van der Waals surface area contributed by atoms with Gasteiger partial charge in [-0.2, -0.15) is 0 Å². The van der Waals surface area contributed by atoms with Crippen LogP contribution in [0.3, 0.4) is 0 Å². The number of benzene rings is 1. The second-order valence-electron chi connectivity index (χ2n) is 4.16. The predicted octanol–water partition coefficient (Wildman–Crippen LogP) is 1.76. The van der Waals surface area contributed by atoms with E-state index in [4.69, 9.17) is 9.63 Å². The largest absolute Gasteiger partial charge is 0.396 e. The van der Waals surface area contributed by atoms with Crippen molar-refractivity contribution in [1.29, 1.82) is 0 Å². The van der Waals surface area contributed by atoms with Crippen LogP contribution < -0.4 is 5.32 Å². The van der Waals surface area contributed by atoms with Crippen LogP contribution in [0.5, 0.6) is 0 Å². The molecule has 19 heavy (non-hydrogen) atoms. The van der Waals surface area contributed by atoms with Crippen LogP contribution in [0.15, 0.2) is 34.9 Å². The fourth-order valence-corrected chi connectivity index (χ4v) is 1.80. The topological polar surface area (TPSA) is 75.4 Å². The van der Waals surface area contributed by atoms with Gasteiger partial charge in [0.2, 0.25) is 0 Å². The van der Waals surface area contributed by atoms with Gasteiger partial charge in [0.15, 0.2) is 0 Å². The Hall–Kier alpha value is -2.14. The van der Waals surface area contributed by atoms with Crippen molar-refractivity contribution in [3.05, 3.63) is 41.7 Å². The van der Waals surface area contributed by atoms with Gasteiger partial charge in [0.25, 0.3) is 5.91 Å². The molecule has 5 heteroatoms. The van der Waals surface area contributed by atoms with Crippen molar-refractivity contribution in [3.63, 3.8) is 0 Å². The van der Waals surface area contributed by atoms with E-state index in [0.29, 0.717) is 30.0 Å². The fourth-order valence-electron chi connectivity index (χ4n) is 1.80. The number of carbonyl (C=O) groups is 1. The molecule has 2 rings (SSSR count). The van der Waals surface area contributed by atoms with E-state index in [2.05, 4.69) is 10.5 Å². The van der Waals surface area contributed by atoms with Gasteiger partial charge in [-0.05, 0) is 13.3 Å². The molecule has 0 aliphatic rings. The van der Waals surface area contributed by atoms with Gasteiger partial charge >= 0.3 is 0 Å². The molecule has 0 spiro atoms. The molecule has 0 bridgehead atoms. The first-order chi connectivity index (χ1) is 9.24. The van der Waals surface area contributed by atoms with Gasteiger partial charge in [0.1, 0.15) is 17.0 Å². The fraction of sp³-hybridized carbons (Fsp3) is 0.286. The van der Waals surface area contributed by atoms with Gasteiger partial charge in [-0.3, -0.25) is 4.79 Å². The highest BCUT2D eigenvalue weighted by atomic mass is 16.5. The zero-order valence-corrected chi connectivity index (χ0v) is 10.7. The van der Waals surface area contributed by atoms with Crippen LogP contribution in [0.1, 0.15) is 22.5 Å². The zero-order valence-electron chi connectivity index (χ0n) is 10.7. The normalized spacial score (nSPS) is 10.4. The number of aliphatic hydroxyl groups excluding tert-OH is 1. The molecule has 5 nitrogen and oxygen atoms in total. The Kier molecular flexibility index (Phi) is 4.30. The lowest BCUT2D eigenvalue weighted by Crippen LogP contribution is -2.25. The molecular weight excluding hydrogens is 244 g/mol. The van der Waals surface area contributed by atoms with Gasteiger partial charge in [0, 0.05) is 18.7 Å². The van der Waals surface area contributed by atoms with Crippen LogP contribution in [0.2, 0.25) is 0 Å². The number of nitrogens with one attached hydrogen (secondary N) is 1. The van der Waals surface area contributed by atoms with Crippen molar-refractivity contribution in [2.24, 2.45) is 0 Å². The smallest absolute Gasteiger partial charge is 0.257 e. The molecule has 1 heterocycles. The summed E-state index contributed by atoms with van der Waals surface area (Å²) in [5.41, 5.74) is 1.83. The standard InChI is InChI=1S/C14H16N2O3/c1-10-12(14(18)15-8-5-9-17)13(16-19-10)11-6-3-2-4-7-11/h2-4,6-7,17H,5,8-9H2,1H3,(H,15,18). The Morgan fingerprint density at radius 3 is 2.79 bits per heavy atom. The number of aliphatic hydroxyl groups is 1. The summed E-state index contributed by atoms with van der Waals surface area (Å²) in [5.74, 6) is 0.256. The summed E-state index contributed by atoms with van der Waals surface area (Å²) in [6.45, 7) is 2.18. The molecule has 0 saturated heterocycles. The number of hydrogen-bond donors (Lipinski definition) is 2. The highest BCUT2D eigenvalue weighted by molar-refractivity contribution is 6.00. The molecule has 0 unspecified atom stereocenters. The number of amides is 1. The maximum atomic E-state index is 12.1. The van der Waals surface area contributed by atoms with Crippen LogP contribution >= 0.6 is 0 Å². The van der Waals surface area contributed by atoms with Crippen molar-refractivity contribution < 1.29 is 14.4 Å². The maximum absolute atomic E-state index is 12.1. The Morgan fingerprint density at radius 2 is 2.11 bits per heavy atom. The zero-order chi connectivity index (χ0) is 13.7. The van der Waals surface area contributed by atoms with Crippen molar-refractivity contribution in [3.8, 4) is 11.3 Å². The van der Waals surface area contributed by atoms with E-state index < -0.39 is 0 Å². The van der Waals surface area contributed by atoms with E-state index in [1.54, 1.807) is 6.92 Å². The predicted molar refractivity (Wildman–Crippen MR) is 70.7 cm³/mol. The lowest BCUT2D eigenvalue weighted by atomic mass is 10.1. The van der Waals surface area contributed by atoms with E-state index in [-0.39, 0.29) is 12.5 Å². The number of hydrogen-bond acceptors (Lipinski definition) is 4. The molecule has 1 aromatic carbocycles. The molecule has 0 saturated carbocycles.